The highest BCUT2D eigenvalue weighted by molar-refractivity contribution is 4.99. The van der Waals surface area contributed by atoms with Crippen molar-refractivity contribution in [2.75, 3.05) is 39.3 Å². The third-order valence-corrected chi connectivity index (χ3v) is 3.48. The van der Waals surface area contributed by atoms with Gasteiger partial charge in [-0.1, -0.05) is 13.8 Å². The van der Waals surface area contributed by atoms with Gasteiger partial charge >= 0.3 is 0 Å². The molecule has 96 valence electrons. The van der Waals surface area contributed by atoms with E-state index in [9.17, 15) is 0 Å². The molecular weight excluding hydrogens is 198 g/mol. The van der Waals surface area contributed by atoms with Gasteiger partial charge in [-0.05, 0) is 32.7 Å². The van der Waals surface area contributed by atoms with Gasteiger partial charge in [0.15, 0.2) is 0 Å². The molecule has 0 aliphatic carbocycles. The molecule has 0 amide bonds. The molecule has 0 radical (unpaired) electrons. The summed E-state index contributed by atoms with van der Waals surface area (Å²) in [4.78, 5) is 5.04. The summed E-state index contributed by atoms with van der Waals surface area (Å²) in [5, 5.41) is 0. The van der Waals surface area contributed by atoms with Crippen molar-refractivity contribution < 1.29 is 0 Å². The molecule has 0 spiro atoms. The Bertz CT molecular complexity index is 201. The standard InChI is InChI=1S/C13H29N3/c1-12(2)5-7-15(8-6-14)9-10-16-11-13(16,3)4/h12H,5-11,14H2,1-4H3. The van der Waals surface area contributed by atoms with Crippen molar-refractivity contribution in [2.24, 2.45) is 11.7 Å². The highest BCUT2D eigenvalue weighted by Gasteiger charge is 2.42. The monoisotopic (exact) mass is 227 g/mol. The van der Waals surface area contributed by atoms with Crippen LogP contribution in [-0.4, -0.2) is 54.6 Å². The van der Waals surface area contributed by atoms with E-state index in [0.717, 1.165) is 19.0 Å². The quantitative estimate of drug-likeness (QED) is 0.636. The first-order chi connectivity index (χ1) is 7.45. The molecule has 1 fully saturated rings. The highest BCUT2D eigenvalue weighted by atomic mass is 15.4. The number of rotatable bonds is 8. The zero-order chi connectivity index (χ0) is 12.2. The summed E-state index contributed by atoms with van der Waals surface area (Å²) >= 11 is 0. The molecule has 1 heterocycles. The minimum Gasteiger partial charge on any atom is -0.329 e. The minimum atomic E-state index is 0.465. The number of nitrogens with two attached hydrogens (primary N) is 1. The van der Waals surface area contributed by atoms with Crippen LogP contribution < -0.4 is 5.73 Å². The van der Waals surface area contributed by atoms with Crippen LogP contribution in [0.25, 0.3) is 0 Å². The summed E-state index contributed by atoms with van der Waals surface area (Å²) in [5.41, 5.74) is 6.12. The van der Waals surface area contributed by atoms with Gasteiger partial charge in [0, 0.05) is 38.3 Å². The Kier molecular flexibility index (Phi) is 5.22. The second kappa shape index (κ2) is 5.99. The molecule has 0 aromatic heterocycles. The van der Waals surface area contributed by atoms with Gasteiger partial charge in [0.05, 0.1) is 0 Å². The molecule has 0 aromatic carbocycles. The molecule has 0 saturated carbocycles. The van der Waals surface area contributed by atoms with Crippen LogP contribution in [0.1, 0.15) is 34.1 Å². The van der Waals surface area contributed by atoms with Crippen LogP contribution in [0.15, 0.2) is 0 Å². The SMILES string of the molecule is CC(C)CCN(CCN)CCN1CC1(C)C. The summed E-state index contributed by atoms with van der Waals surface area (Å²) in [6, 6.07) is 0. The Morgan fingerprint density at radius 2 is 1.88 bits per heavy atom. The third kappa shape index (κ3) is 4.81. The van der Waals surface area contributed by atoms with Gasteiger partial charge < -0.3 is 10.6 Å². The first-order valence-electron chi connectivity index (χ1n) is 6.63. The smallest absolute Gasteiger partial charge is 0.0281 e. The second-order valence-corrected chi connectivity index (χ2v) is 6.05. The van der Waals surface area contributed by atoms with E-state index in [2.05, 4.69) is 37.5 Å². The Balaban J connectivity index is 2.17. The molecule has 1 unspecified atom stereocenters. The predicted molar refractivity (Wildman–Crippen MR) is 70.6 cm³/mol. The zero-order valence-electron chi connectivity index (χ0n) is 11.5. The van der Waals surface area contributed by atoms with E-state index in [1.165, 1.54) is 32.6 Å². The lowest BCUT2D eigenvalue weighted by atomic mass is 10.1. The highest BCUT2D eigenvalue weighted by Crippen LogP contribution is 2.29. The molecule has 1 aliphatic rings. The normalized spacial score (nSPS) is 23.1. The Morgan fingerprint density at radius 3 is 2.31 bits per heavy atom. The van der Waals surface area contributed by atoms with E-state index < -0.39 is 0 Å². The lowest BCUT2D eigenvalue weighted by Crippen LogP contribution is -2.35. The predicted octanol–water partition coefficient (Wildman–Crippen LogP) is 1.39. The van der Waals surface area contributed by atoms with E-state index in [4.69, 9.17) is 5.73 Å². The maximum atomic E-state index is 5.66. The van der Waals surface area contributed by atoms with E-state index >= 15 is 0 Å². The zero-order valence-corrected chi connectivity index (χ0v) is 11.5. The molecule has 0 bridgehead atoms. The summed E-state index contributed by atoms with van der Waals surface area (Å²) in [7, 11) is 0. The van der Waals surface area contributed by atoms with E-state index in [-0.39, 0.29) is 0 Å². The van der Waals surface area contributed by atoms with E-state index in [1.54, 1.807) is 0 Å². The molecule has 1 atom stereocenters. The molecule has 2 N–H and O–H groups in total. The van der Waals surface area contributed by atoms with Crippen LogP contribution in [0.2, 0.25) is 0 Å². The Labute approximate surface area is 101 Å². The lowest BCUT2D eigenvalue weighted by molar-refractivity contribution is 0.243. The maximum absolute atomic E-state index is 5.66. The van der Waals surface area contributed by atoms with Crippen molar-refractivity contribution in [2.45, 2.75) is 39.7 Å². The molecule has 3 nitrogen and oxygen atoms in total. The fraction of sp³-hybridized carbons (Fsp3) is 1.00. The number of nitrogens with zero attached hydrogens (tertiary/aromatic N) is 2. The Hall–Kier alpha value is -0.120. The summed E-state index contributed by atoms with van der Waals surface area (Å²) < 4.78 is 0. The Morgan fingerprint density at radius 1 is 1.25 bits per heavy atom. The molecule has 1 aliphatic heterocycles. The fourth-order valence-electron chi connectivity index (χ4n) is 2.03. The van der Waals surface area contributed by atoms with Crippen LogP contribution >= 0.6 is 0 Å². The minimum absolute atomic E-state index is 0.465. The van der Waals surface area contributed by atoms with E-state index in [0.29, 0.717) is 5.54 Å². The lowest BCUT2D eigenvalue weighted by Gasteiger charge is -2.23. The van der Waals surface area contributed by atoms with Gasteiger partial charge in [-0.2, -0.15) is 0 Å². The fourth-order valence-corrected chi connectivity index (χ4v) is 2.03. The maximum Gasteiger partial charge on any atom is 0.0281 e. The average molecular weight is 227 g/mol. The number of hydrogen-bond donors (Lipinski definition) is 1. The summed E-state index contributed by atoms with van der Waals surface area (Å²) in [6.45, 7) is 15.8. The van der Waals surface area contributed by atoms with Crippen molar-refractivity contribution in [1.29, 1.82) is 0 Å². The van der Waals surface area contributed by atoms with Gasteiger partial charge in [-0.15, -0.1) is 0 Å². The van der Waals surface area contributed by atoms with Crippen LogP contribution in [0.5, 0.6) is 0 Å². The van der Waals surface area contributed by atoms with Gasteiger partial charge in [-0.3, -0.25) is 4.90 Å². The molecule has 0 aromatic rings. The van der Waals surface area contributed by atoms with Gasteiger partial charge in [0.2, 0.25) is 0 Å². The van der Waals surface area contributed by atoms with Crippen molar-refractivity contribution in [3.05, 3.63) is 0 Å². The van der Waals surface area contributed by atoms with Crippen LogP contribution in [0.3, 0.4) is 0 Å². The average Bonchev–Trinajstić information content (AvgIpc) is 2.79. The van der Waals surface area contributed by atoms with Crippen LogP contribution in [-0.2, 0) is 0 Å². The first kappa shape index (κ1) is 13.9. The van der Waals surface area contributed by atoms with Crippen molar-refractivity contribution in [3.63, 3.8) is 0 Å². The van der Waals surface area contributed by atoms with E-state index in [1.807, 2.05) is 0 Å². The largest absolute Gasteiger partial charge is 0.329 e. The molecule has 1 saturated heterocycles. The topological polar surface area (TPSA) is 32.3 Å². The third-order valence-electron chi connectivity index (χ3n) is 3.48. The molecule has 3 heteroatoms. The van der Waals surface area contributed by atoms with Crippen molar-refractivity contribution in [3.8, 4) is 0 Å². The van der Waals surface area contributed by atoms with Gasteiger partial charge in [0.25, 0.3) is 0 Å². The van der Waals surface area contributed by atoms with Crippen LogP contribution in [0.4, 0.5) is 0 Å². The van der Waals surface area contributed by atoms with Gasteiger partial charge in [-0.25, -0.2) is 0 Å². The van der Waals surface area contributed by atoms with Gasteiger partial charge in [0.1, 0.15) is 0 Å². The summed E-state index contributed by atoms with van der Waals surface area (Å²) in [5.74, 6) is 0.790. The molecular formula is C13H29N3. The van der Waals surface area contributed by atoms with Crippen molar-refractivity contribution in [1.82, 2.24) is 9.80 Å². The first-order valence-corrected chi connectivity index (χ1v) is 6.63. The number of hydrogen-bond acceptors (Lipinski definition) is 3. The van der Waals surface area contributed by atoms with Crippen LogP contribution in [0, 0.1) is 5.92 Å². The molecule has 1 rings (SSSR count). The second-order valence-electron chi connectivity index (χ2n) is 6.05. The molecule has 16 heavy (non-hydrogen) atoms. The van der Waals surface area contributed by atoms with Crippen molar-refractivity contribution >= 4 is 0 Å². The summed E-state index contributed by atoms with van der Waals surface area (Å²) in [6.07, 6.45) is 1.28.